The van der Waals surface area contributed by atoms with Gasteiger partial charge >= 0.3 is 0 Å². The molecule has 1 aliphatic rings. The SMILES string of the molecule is CC(C)C1CCC(Br)C(Cc2cc(F)ccc2[N+](=O)[O-])C1. The van der Waals surface area contributed by atoms with Gasteiger partial charge < -0.3 is 0 Å². The van der Waals surface area contributed by atoms with Crippen molar-refractivity contribution in [3.05, 3.63) is 39.7 Å². The summed E-state index contributed by atoms with van der Waals surface area (Å²) in [5.74, 6) is 1.19. The Hall–Kier alpha value is -0.970. The van der Waals surface area contributed by atoms with Crippen LogP contribution >= 0.6 is 15.9 Å². The molecule has 1 fully saturated rings. The molecule has 1 aromatic carbocycles. The molecule has 0 heterocycles. The zero-order valence-corrected chi connectivity index (χ0v) is 14.0. The van der Waals surface area contributed by atoms with Crippen molar-refractivity contribution in [2.75, 3.05) is 0 Å². The first-order valence-corrected chi connectivity index (χ1v) is 8.37. The van der Waals surface area contributed by atoms with E-state index in [1.54, 1.807) is 0 Å². The number of benzene rings is 1. The number of nitro groups is 1. The van der Waals surface area contributed by atoms with Gasteiger partial charge in [-0.05, 0) is 55.6 Å². The highest BCUT2D eigenvalue weighted by Gasteiger charge is 2.31. The second-order valence-corrected chi connectivity index (χ2v) is 7.50. The molecule has 0 saturated heterocycles. The Morgan fingerprint density at radius 1 is 1.43 bits per heavy atom. The molecule has 0 radical (unpaired) electrons. The molecular weight excluding hydrogens is 337 g/mol. The van der Waals surface area contributed by atoms with Gasteiger partial charge in [0.25, 0.3) is 5.69 Å². The molecule has 21 heavy (non-hydrogen) atoms. The third-order valence-electron chi connectivity index (χ3n) is 4.59. The quantitative estimate of drug-likeness (QED) is 0.426. The lowest BCUT2D eigenvalue weighted by atomic mass is 9.74. The van der Waals surface area contributed by atoms with Crippen molar-refractivity contribution in [1.29, 1.82) is 0 Å². The summed E-state index contributed by atoms with van der Waals surface area (Å²) in [5.41, 5.74) is 0.543. The number of hydrogen-bond acceptors (Lipinski definition) is 2. The first-order valence-electron chi connectivity index (χ1n) is 7.45. The highest BCUT2D eigenvalue weighted by Crippen LogP contribution is 2.40. The van der Waals surface area contributed by atoms with Crippen molar-refractivity contribution in [3.8, 4) is 0 Å². The lowest BCUT2D eigenvalue weighted by Crippen LogP contribution is -2.29. The Morgan fingerprint density at radius 2 is 2.14 bits per heavy atom. The van der Waals surface area contributed by atoms with Crippen molar-refractivity contribution in [2.24, 2.45) is 17.8 Å². The van der Waals surface area contributed by atoms with E-state index in [4.69, 9.17) is 0 Å². The Kier molecular flexibility index (Phi) is 5.36. The van der Waals surface area contributed by atoms with Crippen molar-refractivity contribution in [2.45, 2.75) is 44.4 Å². The summed E-state index contributed by atoms with van der Waals surface area (Å²) in [6.07, 6.45) is 3.88. The fourth-order valence-electron chi connectivity index (χ4n) is 3.26. The highest BCUT2D eigenvalue weighted by molar-refractivity contribution is 9.09. The molecular formula is C16H21BrFNO2. The van der Waals surface area contributed by atoms with Gasteiger partial charge in [-0.1, -0.05) is 29.8 Å². The van der Waals surface area contributed by atoms with Crippen LogP contribution in [-0.2, 0) is 6.42 Å². The summed E-state index contributed by atoms with van der Waals surface area (Å²) < 4.78 is 13.4. The zero-order valence-electron chi connectivity index (χ0n) is 12.4. The maximum Gasteiger partial charge on any atom is 0.272 e. The predicted molar refractivity (Wildman–Crippen MR) is 85.1 cm³/mol. The molecule has 0 aromatic heterocycles. The lowest BCUT2D eigenvalue weighted by molar-refractivity contribution is -0.385. The normalized spacial score (nSPS) is 26.0. The van der Waals surface area contributed by atoms with E-state index in [0.717, 1.165) is 18.9 Å². The third-order valence-corrected chi connectivity index (χ3v) is 5.80. The number of alkyl halides is 1. The molecule has 1 saturated carbocycles. The molecule has 3 unspecified atom stereocenters. The minimum Gasteiger partial charge on any atom is -0.258 e. The Balaban J connectivity index is 2.19. The molecule has 0 amide bonds. The summed E-state index contributed by atoms with van der Waals surface area (Å²) in [6.45, 7) is 4.45. The summed E-state index contributed by atoms with van der Waals surface area (Å²) in [4.78, 5) is 11.0. The number of nitro benzene ring substituents is 1. The first kappa shape index (κ1) is 16.4. The fraction of sp³-hybridized carbons (Fsp3) is 0.625. The Labute approximate surface area is 133 Å². The molecule has 2 rings (SSSR count). The van der Waals surface area contributed by atoms with E-state index in [9.17, 15) is 14.5 Å². The minimum absolute atomic E-state index is 0.0303. The monoisotopic (exact) mass is 357 g/mol. The molecule has 1 aromatic rings. The van der Waals surface area contributed by atoms with Crippen LogP contribution in [0.2, 0.25) is 0 Å². The number of hydrogen-bond donors (Lipinski definition) is 0. The van der Waals surface area contributed by atoms with Crippen molar-refractivity contribution >= 4 is 21.6 Å². The van der Waals surface area contributed by atoms with E-state index in [2.05, 4.69) is 29.8 Å². The van der Waals surface area contributed by atoms with Crippen LogP contribution in [0.15, 0.2) is 18.2 Å². The van der Waals surface area contributed by atoms with Gasteiger partial charge in [-0.15, -0.1) is 0 Å². The van der Waals surface area contributed by atoms with Crippen LogP contribution in [-0.4, -0.2) is 9.75 Å². The van der Waals surface area contributed by atoms with Gasteiger partial charge in [0.15, 0.2) is 0 Å². The van der Waals surface area contributed by atoms with Gasteiger partial charge in [-0.2, -0.15) is 0 Å². The molecule has 5 heteroatoms. The van der Waals surface area contributed by atoms with Crippen LogP contribution in [0, 0.1) is 33.7 Å². The van der Waals surface area contributed by atoms with Gasteiger partial charge in [0.1, 0.15) is 5.82 Å². The van der Waals surface area contributed by atoms with Gasteiger partial charge in [-0.3, -0.25) is 10.1 Å². The van der Waals surface area contributed by atoms with E-state index in [1.165, 1.54) is 18.6 Å². The average Bonchev–Trinajstić information content (AvgIpc) is 2.40. The zero-order chi connectivity index (χ0) is 15.6. The molecule has 3 nitrogen and oxygen atoms in total. The summed E-state index contributed by atoms with van der Waals surface area (Å²) >= 11 is 3.71. The summed E-state index contributed by atoms with van der Waals surface area (Å²) in [5, 5.41) is 11.1. The van der Waals surface area contributed by atoms with Crippen LogP contribution in [0.5, 0.6) is 0 Å². The summed E-state index contributed by atoms with van der Waals surface area (Å²) in [6, 6.07) is 3.75. The summed E-state index contributed by atoms with van der Waals surface area (Å²) in [7, 11) is 0. The van der Waals surface area contributed by atoms with E-state index >= 15 is 0 Å². The standard InChI is InChI=1S/C16H21BrFNO2/c1-10(2)11-3-5-15(17)12(7-11)8-13-9-14(18)4-6-16(13)19(20)21/h4,6,9-12,15H,3,5,7-8H2,1-2H3. The number of halogens is 2. The third kappa shape index (κ3) is 4.02. The molecule has 0 N–H and O–H groups in total. The van der Waals surface area contributed by atoms with Crippen molar-refractivity contribution in [3.63, 3.8) is 0 Å². The van der Waals surface area contributed by atoms with Gasteiger partial charge in [0, 0.05) is 16.5 Å². The van der Waals surface area contributed by atoms with E-state index < -0.39 is 10.7 Å². The second kappa shape index (κ2) is 6.86. The predicted octanol–water partition coefficient (Wildman–Crippen LogP) is 5.11. The number of nitrogens with zero attached hydrogens (tertiary/aromatic N) is 1. The smallest absolute Gasteiger partial charge is 0.258 e. The topological polar surface area (TPSA) is 43.1 Å². The average molecular weight is 358 g/mol. The largest absolute Gasteiger partial charge is 0.272 e. The molecule has 0 spiro atoms. The van der Waals surface area contributed by atoms with Crippen LogP contribution in [0.1, 0.15) is 38.7 Å². The maximum atomic E-state index is 13.4. The molecule has 1 aliphatic carbocycles. The van der Waals surface area contributed by atoms with Crippen LogP contribution in [0.4, 0.5) is 10.1 Å². The van der Waals surface area contributed by atoms with E-state index in [-0.39, 0.29) is 5.69 Å². The molecule has 116 valence electrons. The first-order chi connectivity index (χ1) is 9.88. The second-order valence-electron chi connectivity index (χ2n) is 6.33. The van der Waals surface area contributed by atoms with Crippen LogP contribution in [0.3, 0.4) is 0 Å². The highest BCUT2D eigenvalue weighted by atomic mass is 79.9. The van der Waals surface area contributed by atoms with E-state index in [1.807, 2.05) is 0 Å². The van der Waals surface area contributed by atoms with Crippen molar-refractivity contribution in [1.82, 2.24) is 0 Å². The van der Waals surface area contributed by atoms with Crippen molar-refractivity contribution < 1.29 is 9.31 Å². The Bertz CT molecular complexity index is 521. The minimum atomic E-state index is -0.416. The maximum absolute atomic E-state index is 13.4. The fourth-order valence-corrected chi connectivity index (χ4v) is 3.93. The molecule has 0 bridgehead atoms. The van der Waals surface area contributed by atoms with Gasteiger partial charge in [0.2, 0.25) is 0 Å². The van der Waals surface area contributed by atoms with Crippen LogP contribution in [0.25, 0.3) is 0 Å². The lowest BCUT2D eigenvalue weighted by Gasteiger charge is -2.35. The van der Waals surface area contributed by atoms with Crippen LogP contribution < -0.4 is 0 Å². The van der Waals surface area contributed by atoms with Gasteiger partial charge in [0.05, 0.1) is 4.92 Å². The van der Waals surface area contributed by atoms with E-state index in [0.29, 0.717) is 34.6 Å². The van der Waals surface area contributed by atoms with Gasteiger partial charge in [-0.25, -0.2) is 4.39 Å². The molecule has 0 aliphatic heterocycles. The molecule has 3 atom stereocenters. The number of rotatable bonds is 4. The Morgan fingerprint density at radius 3 is 2.76 bits per heavy atom.